The second kappa shape index (κ2) is 8.60. The first-order chi connectivity index (χ1) is 12.7. The molecule has 146 valence electrons. The fraction of sp³-hybridized carbons (Fsp3) is 0.278. The number of nitrogens with one attached hydrogen (secondary N) is 2. The molecule has 0 unspecified atom stereocenters. The zero-order chi connectivity index (χ0) is 20.2. The first kappa shape index (κ1) is 21.0. The standard InChI is InChI=1S/C18H21ClN2O5S/c1-11-9-14(6-8-16(11)25-3)27(23,24)21-12(2)18(22)20-13-5-7-17(26-4)15(19)10-13/h5-10,12,21H,1-4H3,(H,20,22)/t12-/m0/s1. The SMILES string of the molecule is COc1ccc(S(=O)(=O)N[C@@H](C)C(=O)Nc2ccc(OC)c(Cl)c2)cc1C. The number of benzene rings is 2. The summed E-state index contributed by atoms with van der Waals surface area (Å²) in [6, 6.07) is 8.19. The molecule has 0 fully saturated rings. The molecule has 2 aromatic rings. The molecule has 27 heavy (non-hydrogen) atoms. The second-order valence-corrected chi connectivity index (χ2v) is 7.93. The van der Waals surface area contributed by atoms with Crippen LogP contribution in [0.5, 0.6) is 11.5 Å². The Hall–Kier alpha value is -2.29. The van der Waals surface area contributed by atoms with Crippen LogP contribution in [-0.2, 0) is 14.8 Å². The predicted octanol–water partition coefficient (Wildman–Crippen LogP) is 2.97. The van der Waals surface area contributed by atoms with Crippen LogP contribution in [-0.4, -0.2) is 34.6 Å². The highest BCUT2D eigenvalue weighted by atomic mass is 35.5. The first-order valence-corrected chi connectivity index (χ1v) is 9.85. The van der Waals surface area contributed by atoms with E-state index in [1.165, 1.54) is 39.3 Å². The molecular weight excluding hydrogens is 392 g/mol. The number of hydrogen-bond donors (Lipinski definition) is 2. The number of aryl methyl sites for hydroxylation is 1. The lowest BCUT2D eigenvalue weighted by atomic mass is 10.2. The maximum absolute atomic E-state index is 12.5. The summed E-state index contributed by atoms with van der Waals surface area (Å²) >= 11 is 6.02. The van der Waals surface area contributed by atoms with Crippen LogP contribution < -0.4 is 19.5 Å². The van der Waals surface area contributed by atoms with Gasteiger partial charge in [0.25, 0.3) is 0 Å². The van der Waals surface area contributed by atoms with Crippen molar-refractivity contribution in [3.8, 4) is 11.5 Å². The Labute approximate surface area is 163 Å². The Bertz CT molecular complexity index is 947. The highest BCUT2D eigenvalue weighted by Gasteiger charge is 2.23. The highest BCUT2D eigenvalue weighted by molar-refractivity contribution is 7.89. The summed E-state index contributed by atoms with van der Waals surface area (Å²) in [6.45, 7) is 3.19. The first-order valence-electron chi connectivity index (χ1n) is 7.99. The van der Waals surface area contributed by atoms with E-state index in [-0.39, 0.29) is 4.90 Å². The molecule has 0 radical (unpaired) electrons. The number of carbonyl (C=O) groups excluding carboxylic acids is 1. The maximum Gasteiger partial charge on any atom is 0.242 e. The third-order valence-electron chi connectivity index (χ3n) is 3.82. The number of halogens is 1. The lowest BCUT2D eigenvalue weighted by molar-refractivity contribution is -0.117. The molecule has 0 aliphatic carbocycles. The molecule has 2 rings (SSSR count). The quantitative estimate of drug-likeness (QED) is 0.729. The van der Waals surface area contributed by atoms with Gasteiger partial charge in [0.05, 0.1) is 30.2 Å². The Morgan fingerprint density at radius 1 is 1.07 bits per heavy atom. The number of sulfonamides is 1. The van der Waals surface area contributed by atoms with E-state index in [4.69, 9.17) is 21.1 Å². The van der Waals surface area contributed by atoms with Gasteiger partial charge in [-0.05, 0) is 55.8 Å². The number of carbonyl (C=O) groups is 1. The van der Waals surface area contributed by atoms with Crippen molar-refractivity contribution in [1.82, 2.24) is 4.72 Å². The summed E-state index contributed by atoms with van der Waals surface area (Å²) in [5.74, 6) is 0.527. The van der Waals surface area contributed by atoms with Crippen LogP contribution in [0.4, 0.5) is 5.69 Å². The van der Waals surface area contributed by atoms with E-state index < -0.39 is 22.0 Å². The van der Waals surface area contributed by atoms with Crippen molar-refractivity contribution in [2.45, 2.75) is 24.8 Å². The highest BCUT2D eigenvalue weighted by Crippen LogP contribution is 2.27. The molecule has 0 bridgehead atoms. The monoisotopic (exact) mass is 412 g/mol. The number of methoxy groups -OCH3 is 2. The average Bonchev–Trinajstić information content (AvgIpc) is 2.61. The fourth-order valence-corrected chi connectivity index (χ4v) is 3.91. The van der Waals surface area contributed by atoms with Crippen LogP contribution in [0.3, 0.4) is 0 Å². The van der Waals surface area contributed by atoms with Gasteiger partial charge < -0.3 is 14.8 Å². The van der Waals surface area contributed by atoms with Crippen LogP contribution in [0.15, 0.2) is 41.3 Å². The average molecular weight is 413 g/mol. The summed E-state index contributed by atoms with van der Waals surface area (Å²) in [6.07, 6.45) is 0. The topological polar surface area (TPSA) is 93.7 Å². The van der Waals surface area contributed by atoms with E-state index in [1.54, 1.807) is 25.1 Å². The van der Waals surface area contributed by atoms with Gasteiger partial charge in [-0.1, -0.05) is 11.6 Å². The molecule has 0 heterocycles. The van der Waals surface area contributed by atoms with Crippen molar-refractivity contribution in [1.29, 1.82) is 0 Å². The molecule has 0 aliphatic rings. The van der Waals surface area contributed by atoms with Crippen molar-refractivity contribution in [3.05, 3.63) is 47.0 Å². The molecular formula is C18H21ClN2O5S. The fourth-order valence-electron chi connectivity index (χ4n) is 2.37. The zero-order valence-corrected chi connectivity index (χ0v) is 16.9. The molecule has 0 saturated heterocycles. The molecule has 7 nitrogen and oxygen atoms in total. The van der Waals surface area contributed by atoms with Gasteiger partial charge in [-0.3, -0.25) is 4.79 Å². The third kappa shape index (κ3) is 5.12. The van der Waals surface area contributed by atoms with E-state index >= 15 is 0 Å². The van der Waals surface area contributed by atoms with Gasteiger partial charge in [0, 0.05) is 5.69 Å². The van der Waals surface area contributed by atoms with Gasteiger partial charge in [0.2, 0.25) is 15.9 Å². The summed E-state index contributed by atoms with van der Waals surface area (Å²) in [7, 11) is -0.886. The number of hydrogen-bond acceptors (Lipinski definition) is 5. The lowest BCUT2D eigenvalue weighted by Gasteiger charge is -2.16. The molecule has 0 saturated carbocycles. The largest absolute Gasteiger partial charge is 0.496 e. The van der Waals surface area contributed by atoms with Gasteiger partial charge in [-0.15, -0.1) is 0 Å². The Balaban J connectivity index is 2.10. The summed E-state index contributed by atoms with van der Waals surface area (Å²) in [4.78, 5) is 12.4. The van der Waals surface area contributed by atoms with Gasteiger partial charge >= 0.3 is 0 Å². The molecule has 2 aromatic carbocycles. The maximum atomic E-state index is 12.5. The van der Waals surface area contributed by atoms with Crippen molar-refractivity contribution in [2.75, 3.05) is 19.5 Å². The minimum Gasteiger partial charge on any atom is -0.496 e. The zero-order valence-electron chi connectivity index (χ0n) is 15.4. The Kier molecular flexibility index (Phi) is 6.69. The van der Waals surface area contributed by atoms with Gasteiger partial charge in [-0.2, -0.15) is 4.72 Å². The second-order valence-electron chi connectivity index (χ2n) is 5.81. The van der Waals surface area contributed by atoms with E-state index in [9.17, 15) is 13.2 Å². The Morgan fingerprint density at radius 3 is 2.26 bits per heavy atom. The van der Waals surface area contributed by atoms with Crippen LogP contribution in [0.25, 0.3) is 0 Å². The molecule has 1 amide bonds. The minimum absolute atomic E-state index is 0.0490. The number of amides is 1. The van der Waals surface area contributed by atoms with Crippen molar-refractivity contribution >= 4 is 33.2 Å². The number of rotatable bonds is 7. The van der Waals surface area contributed by atoms with Gasteiger partial charge in [0.1, 0.15) is 11.5 Å². The van der Waals surface area contributed by atoms with E-state index in [1.807, 2.05) is 0 Å². The third-order valence-corrected chi connectivity index (χ3v) is 5.65. The smallest absolute Gasteiger partial charge is 0.242 e. The summed E-state index contributed by atoms with van der Waals surface area (Å²) < 4.78 is 37.6. The lowest BCUT2D eigenvalue weighted by Crippen LogP contribution is -2.41. The summed E-state index contributed by atoms with van der Waals surface area (Å²) in [5.41, 5.74) is 1.10. The molecule has 0 aromatic heterocycles. The van der Waals surface area contributed by atoms with Crippen molar-refractivity contribution in [2.24, 2.45) is 0 Å². The van der Waals surface area contributed by atoms with Crippen LogP contribution in [0.2, 0.25) is 5.02 Å². The Morgan fingerprint density at radius 2 is 1.70 bits per heavy atom. The molecule has 0 aliphatic heterocycles. The number of ether oxygens (including phenoxy) is 2. The van der Waals surface area contributed by atoms with E-state index in [0.717, 1.165) is 0 Å². The van der Waals surface area contributed by atoms with Crippen LogP contribution in [0, 0.1) is 6.92 Å². The van der Waals surface area contributed by atoms with Gasteiger partial charge in [0.15, 0.2) is 0 Å². The summed E-state index contributed by atoms with van der Waals surface area (Å²) in [5, 5.41) is 2.94. The van der Waals surface area contributed by atoms with Crippen LogP contribution >= 0.6 is 11.6 Å². The normalized spacial score (nSPS) is 12.3. The van der Waals surface area contributed by atoms with E-state index in [0.29, 0.717) is 27.8 Å². The predicted molar refractivity (Wildman–Crippen MR) is 104 cm³/mol. The van der Waals surface area contributed by atoms with Crippen molar-refractivity contribution < 1.29 is 22.7 Å². The molecule has 9 heteroatoms. The molecule has 0 spiro atoms. The number of anilines is 1. The van der Waals surface area contributed by atoms with Gasteiger partial charge in [-0.25, -0.2) is 8.42 Å². The molecule has 1 atom stereocenters. The van der Waals surface area contributed by atoms with Crippen molar-refractivity contribution in [3.63, 3.8) is 0 Å². The minimum atomic E-state index is -3.88. The van der Waals surface area contributed by atoms with Crippen LogP contribution in [0.1, 0.15) is 12.5 Å². The van der Waals surface area contributed by atoms with E-state index in [2.05, 4.69) is 10.0 Å². The molecule has 2 N–H and O–H groups in total.